The van der Waals surface area contributed by atoms with Crippen LogP contribution < -0.4 is 0 Å². The first kappa shape index (κ1) is 15.5. The maximum Gasteiger partial charge on any atom is 0.252 e. The first-order valence-corrected chi connectivity index (χ1v) is 8.22. The van der Waals surface area contributed by atoms with E-state index >= 15 is 0 Å². The summed E-state index contributed by atoms with van der Waals surface area (Å²) in [7, 11) is 0. The molecule has 1 aromatic carbocycles. The molecule has 4 rings (SSSR count). The summed E-state index contributed by atoms with van der Waals surface area (Å²) in [5.41, 5.74) is 2.99. The number of tetrazole rings is 1. The zero-order valence-electron chi connectivity index (χ0n) is 14.1. The Morgan fingerprint density at radius 3 is 2.56 bits per heavy atom. The summed E-state index contributed by atoms with van der Waals surface area (Å²) in [6.45, 7) is 5.31. The third-order valence-corrected chi connectivity index (χ3v) is 4.54. The number of carbonyl (C=O) groups excluding carboxylic acids is 1. The highest BCUT2D eigenvalue weighted by molar-refractivity contribution is 5.84. The summed E-state index contributed by atoms with van der Waals surface area (Å²) < 4.78 is 3.52. The number of amides is 1. The predicted octanol–water partition coefficient (Wildman–Crippen LogP) is 1.16. The Bertz CT molecular complexity index is 866. The molecule has 0 radical (unpaired) electrons. The van der Waals surface area contributed by atoms with Gasteiger partial charge >= 0.3 is 0 Å². The zero-order chi connectivity index (χ0) is 17.4. The second-order valence-corrected chi connectivity index (χ2v) is 6.37. The van der Waals surface area contributed by atoms with E-state index in [-0.39, 0.29) is 11.9 Å². The van der Waals surface area contributed by atoms with Crippen LogP contribution in [0.3, 0.4) is 0 Å². The largest absolute Gasteiger partial charge is 0.336 e. The third kappa shape index (κ3) is 2.79. The number of benzene rings is 1. The topological polar surface area (TPSA) is 81.7 Å². The Labute approximate surface area is 145 Å². The molecule has 1 atom stereocenters. The predicted molar refractivity (Wildman–Crippen MR) is 89.7 cm³/mol. The second-order valence-electron chi connectivity index (χ2n) is 6.37. The molecule has 0 spiro atoms. The van der Waals surface area contributed by atoms with Gasteiger partial charge < -0.3 is 4.90 Å². The molecule has 8 nitrogen and oxygen atoms in total. The normalized spacial score (nSPS) is 15.8. The maximum atomic E-state index is 13.1. The third-order valence-electron chi connectivity index (χ3n) is 4.54. The zero-order valence-corrected chi connectivity index (χ0v) is 14.1. The van der Waals surface area contributed by atoms with Gasteiger partial charge in [0.05, 0.1) is 11.7 Å². The van der Waals surface area contributed by atoms with Gasteiger partial charge in [0, 0.05) is 18.8 Å². The number of aryl methyl sites for hydroxylation is 2. The summed E-state index contributed by atoms with van der Waals surface area (Å²) in [6.07, 6.45) is 1.48. The molecular weight excluding hydrogens is 318 g/mol. The molecule has 0 bridgehead atoms. The lowest BCUT2D eigenvalue weighted by Crippen LogP contribution is -2.53. The highest BCUT2D eigenvalue weighted by atomic mass is 16.2. The van der Waals surface area contributed by atoms with Crippen molar-refractivity contribution in [1.82, 2.24) is 34.9 Å². The van der Waals surface area contributed by atoms with Gasteiger partial charge in [-0.3, -0.25) is 9.48 Å². The van der Waals surface area contributed by atoms with Gasteiger partial charge in [-0.25, -0.2) is 4.68 Å². The van der Waals surface area contributed by atoms with Crippen LogP contribution >= 0.6 is 0 Å². The molecule has 0 aliphatic carbocycles. The molecule has 1 amide bonds. The number of aromatic nitrogens is 6. The number of likely N-dealkylation sites (tertiary alicyclic amines) is 1. The Morgan fingerprint density at radius 1 is 1.20 bits per heavy atom. The first-order chi connectivity index (χ1) is 12.1. The van der Waals surface area contributed by atoms with Gasteiger partial charge in [0.25, 0.3) is 5.91 Å². The number of hydrogen-bond donors (Lipinski definition) is 0. The molecule has 8 heteroatoms. The maximum absolute atomic E-state index is 13.1. The molecule has 128 valence electrons. The van der Waals surface area contributed by atoms with E-state index < -0.39 is 6.04 Å². The summed E-state index contributed by atoms with van der Waals surface area (Å²) in [5, 5.41) is 15.8. The van der Waals surface area contributed by atoms with Crippen LogP contribution in [-0.4, -0.2) is 53.9 Å². The fourth-order valence-electron chi connectivity index (χ4n) is 3.31. The Balaban J connectivity index is 1.54. The van der Waals surface area contributed by atoms with Gasteiger partial charge in [0.2, 0.25) is 0 Å². The molecule has 3 heterocycles. The molecule has 1 fully saturated rings. The van der Waals surface area contributed by atoms with E-state index in [4.69, 9.17) is 0 Å². The lowest BCUT2D eigenvalue weighted by molar-refractivity contribution is -0.140. The average molecular weight is 337 g/mol. The van der Waals surface area contributed by atoms with Crippen molar-refractivity contribution in [3.8, 4) is 0 Å². The smallest absolute Gasteiger partial charge is 0.252 e. The average Bonchev–Trinajstić information content (AvgIpc) is 3.18. The molecule has 1 unspecified atom stereocenters. The standard InChI is InChI=1S/C17H19N7O/c1-12-8-13(2)24(19-12)15-9-22(10-15)17(25)16(23-11-18-20-21-23)14-6-4-3-5-7-14/h3-8,11,15-16H,9-10H2,1-2H3. The van der Waals surface area contributed by atoms with Crippen LogP contribution in [0.4, 0.5) is 0 Å². The van der Waals surface area contributed by atoms with Crippen LogP contribution in [-0.2, 0) is 4.79 Å². The van der Waals surface area contributed by atoms with E-state index in [2.05, 4.69) is 26.7 Å². The van der Waals surface area contributed by atoms with Gasteiger partial charge in [-0.15, -0.1) is 5.10 Å². The quantitative estimate of drug-likeness (QED) is 0.713. The van der Waals surface area contributed by atoms with Crippen LogP contribution in [0.5, 0.6) is 0 Å². The van der Waals surface area contributed by atoms with Crippen molar-refractivity contribution < 1.29 is 4.79 Å². The van der Waals surface area contributed by atoms with Crippen molar-refractivity contribution in [3.05, 3.63) is 59.7 Å². The van der Waals surface area contributed by atoms with Crippen LogP contribution in [0, 0.1) is 13.8 Å². The van der Waals surface area contributed by atoms with E-state index in [1.54, 1.807) is 0 Å². The number of carbonyl (C=O) groups is 1. The molecular formula is C17H19N7O. The van der Waals surface area contributed by atoms with E-state index in [1.165, 1.54) is 11.0 Å². The van der Waals surface area contributed by atoms with Crippen molar-refractivity contribution in [2.75, 3.05) is 13.1 Å². The van der Waals surface area contributed by atoms with Crippen LogP contribution in [0.2, 0.25) is 0 Å². The van der Waals surface area contributed by atoms with Crippen molar-refractivity contribution >= 4 is 5.91 Å². The van der Waals surface area contributed by atoms with Gasteiger partial charge in [-0.1, -0.05) is 30.3 Å². The second kappa shape index (κ2) is 6.12. The lowest BCUT2D eigenvalue weighted by Gasteiger charge is -2.41. The van der Waals surface area contributed by atoms with E-state index in [9.17, 15) is 4.79 Å². The number of hydrogen-bond acceptors (Lipinski definition) is 5. The number of rotatable bonds is 4. The summed E-state index contributed by atoms with van der Waals surface area (Å²) in [6, 6.07) is 11.3. The van der Waals surface area contributed by atoms with Gasteiger partial charge in [-0.05, 0) is 35.9 Å². The first-order valence-electron chi connectivity index (χ1n) is 8.22. The molecule has 1 saturated heterocycles. The molecule has 1 aliphatic heterocycles. The fraction of sp³-hybridized carbons (Fsp3) is 0.353. The molecule has 25 heavy (non-hydrogen) atoms. The lowest BCUT2D eigenvalue weighted by atomic mass is 10.0. The minimum atomic E-state index is -0.544. The van der Waals surface area contributed by atoms with E-state index in [1.807, 2.05) is 53.8 Å². The van der Waals surface area contributed by atoms with E-state index in [0.29, 0.717) is 13.1 Å². The SMILES string of the molecule is Cc1cc(C)n(C2CN(C(=O)C(c3ccccc3)n3cnnn3)C2)n1. The van der Waals surface area contributed by atoms with Crippen molar-refractivity contribution in [3.63, 3.8) is 0 Å². The Kier molecular flexibility index (Phi) is 3.79. The molecule has 2 aromatic heterocycles. The Hall–Kier alpha value is -3.03. The van der Waals surface area contributed by atoms with Crippen molar-refractivity contribution in [1.29, 1.82) is 0 Å². The molecule has 0 saturated carbocycles. The monoisotopic (exact) mass is 337 g/mol. The fourth-order valence-corrected chi connectivity index (χ4v) is 3.31. The van der Waals surface area contributed by atoms with Gasteiger partial charge in [0.1, 0.15) is 6.33 Å². The van der Waals surface area contributed by atoms with Gasteiger partial charge in [0.15, 0.2) is 6.04 Å². The van der Waals surface area contributed by atoms with Crippen molar-refractivity contribution in [2.45, 2.75) is 25.9 Å². The molecule has 3 aromatic rings. The van der Waals surface area contributed by atoms with Crippen LogP contribution in [0.25, 0.3) is 0 Å². The van der Waals surface area contributed by atoms with Gasteiger partial charge in [-0.2, -0.15) is 5.10 Å². The van der Waals surface area contributed by atoms with Crippen LogP contribution in [0.1, 0.15) is 29.0 Å². The number of nitrogens with zero attached hydrogens (tertiary/aromatic N) is 7. The molecule has 1 aliphatic rings. The molecule has 0 N–H and O–H groups in total. The minimum Gasteiger partial charge on any atom is -0.336 e. The Morgan fingerprint density at radius 2 is 1.96 bits per heavy atom. The summed E-state index contributed by atoms with van der Waals surface area (Å²) in [5.74, 6) is -0.00344. The highest BCUT2D eigenvalue weighted by Crippen LogP contribution is 2.28. The summed E-state index contributed by atoms with van der Waals surface area (Å²) >= 11 is 0. The minimum absolute atomic E-state index is 0.00344. The van der Waals surface area contributed by atoms with E-state index in [0.717, 1.165) is 17.0 Å². The highest BCUT2D eigenvalue weighted by Gasteiger charge is 2.38. The summed E-state index contributed by atoms with van der Waals surface area (Å²) in [4.78, 5) is 14.9. The van der Waals surface area contributed by atoms with Crippen molar-refractivity contribution in [2.24, 2.45) is 0 Å². The van der Waals surface area contributed by atoms with Crippen LogP contribution in [0.15, 0.2) is 42.7 Å².